The molecule has 5 nitrogen and oxygen atoms in total. The van der Waals surface area contributed by atoms with Gasteiger partial charge in [0.1, 0.15) is 0 Å². The lowest BCUT2D eigenvalue weighted by molar-refractivity contribution is -0.385. The van der Waals surface area contributed by atoms with E-state index in [1.54, 1.807) is 25.1 Å². The fourth-order valence-corrected chi connectivity index (χ4v) is 2.57. The second-order valence-electron chi connectivity index (χ2n) is 4.73. The van der Waals surface area contributed by atoms with Crippen LogP contribution in [0.5, 0.6) is 0 Å². The molecule has 0 saturated heterocycles. The van der Waals surface area contributed by atoms with E-state index in [0.29, 0.717) is 11.3 Å². The molecule has 0 heterocycles. The minimum atomic E-state index is -0.491. The average Bonchev–Trinajstić information content (AvgIpc) is 2.37. The Labute approximate surface area is 130 Å². The number of hydrogen-bond donors (Lipinski definition) is 1. The highest BCUT2D eigenvalue weighted by Gasteiger charge is 2.15. The lowest BCUT2D eigenvalue weighted by atomic mass is 10.1. The Bertz CT molecular complexity index is 709. The maximum Gasteiger partial charge on any atom is 0.273 e. The van der Waals surface area contributed by atoms with Crippen molar-refractivity contribution >= 4 is 33.2 Å². The van der Waals surface area contributed by atoms with Gasteiger partial charge in [0.25, 0.3) is 11.6 Å². The summed E-state index contributed by atoms with van der Waals surface area (Å²) in [5.41, 5.74) is 2.34. The number of rotatable bonds is 3. The Balaban J connectivity index is 2.28. The normalized spacial score (nSPS) is 10.2. The van der Waals surface area contributed by atoms with E-state index in [1.807, 2.05) is 19.1 Å². The molecule has 1 amide bonds. The van der Waals surface area contributed by atoms with Crippen LogP contribution in [0.3, 0.4) is 0 Å². The van der Waals surface area contributed by atoms with Gasteiger partial charge in [0.2, 0.25) is 0 Å². The van der Waals surface area contributed by atoms with Crippen molar-refractivity contribution in [1.82, 2.24) is 0 Å². The second-order valence-corrected chi connectivity index (χ2v) is 5.65. The second kappa shape index (κ2) is 6.05. The molecule has 0 aliphatic carbocycles. The predicted octanol–water partition coefficient (Wildman–Crippen LogP) is 4.23. The summed E-state index contributed by atoms with van der Waals surface area (Å²) in [5.74, 6) is -0.379. The number of carbonyl (C=O) groups is 1. The van der Waals surface area contributed by atoms with Crippen molar-refractivity contribution in [3.05, 3.63) is 67.7 Å². The van der Waals surface area contributed by atoms with Crippen LogP contribution in [0, 0.1) is 24.0 Å². The Morgan fingerprint density at radius 3 is 2.52 bits per heavy atom. The van der Waals surface area contributed by atoms with Crippen LogP contribution < -0.4 is 5.32 Å². The van der Waals surface area contributed by atoms with Crippen molar-refractivity contribution in [2.24, 2.45) is 0 Å². The predicted molar refractivity (Wildman–Crippen MR) is 84.7 cm³/mol. The molecule has 21 heavy (non-hydrogen) atoms. The lowest BCUT2D eigenvalue weighted by Gasteiger charge is -2.07. The molecule has 1 N–H and O–H groups in total. The topological polar surface area (TPSA) is 72.2 Å². The maximum atomic E-state index is 12.2. The molecule has 0 saturated carbocycles. The van der Waals surface area contributed by atoms with Crippen molar-refractivity contribution in [2.75, 3.05) is 5.32 Å². The van der Waals surface area contributed by atoms with Gasteiger partial charge in [-0.15, -0.1) is 0 Å². The minimum Gasteiger partial charge on any atom is -0.322 e. The molecule has 0 fully saturated rings. The zero-order valence-corrected chi connectivity index (χ0v) is 13.1. The number of nitrogens with zero attached hydrogens (tertiary/aromatic N) is 1. The Hall–Kier alpha value is -2.21. The number of amides is 1. The third-order valence-corrected chi connectivity index (χ3v) is 3.43. The Morgan fingerprint density at radius 2 is 1.90 bits per heavy atom. The number of aryl methyl sites for hydroxylation is 2. The van der Waals surface area contributed by atoms with Crippen molar-refractivity contribution in [1.29, 1.82) is 0 Å². The molecular formula is C15H13BrN2O3. The van der Waals surface area contributed by atoms with Gasteiger partial charge in [0.15, 0.2) is 0 Å². The van der Waals surface area contributed by atoms with E-state index in [-0.39, 0.29) is 17.2 Å². The Kier molecular flexibility index (Phi) is 4.37. The fraction of sp³-hybridized carbons (Fsp3) is 0.133. The van der Waals surface area contributed by atoms with E-state index < -0.39 is 4.92 Å². The van der Waals surface area contributed by atoms with Gasteiger partial charge >= 0.3 is 0 Å². The summed E-state index contributed by atoms with van der Waals surface area (Å²) < 4.78 is 0.854. The molecule has 0 atom stereocenters. The molecule has 108 valence electrons. The van der Waals surface area contributed by atoms with Gasteiger partial charge in [0, 0.05) is 27.4 Å². The molecule has 0 aliphatic rings. The van der Waals surface area contributed by atoms with E-state index in [1.165, 1.54) is 6.07 Å². The SMILES string of the molecule is Cc1cc(Br)cc(NC(=O)c2ccc(C)c([N+](=O)[O-])c2)c1. The number of benzene rings is 2. The van der Waals surface area contributed by atoms with Crippen LogP contribution in [-0.4, -0.2) is 10.8 Å². The van der Waals surface area contributed by atoms with Crippen LogP contribution in [0.1, 0.15) is 21.5 Å². The van der Waals surface area contributed by atoms with Gasteiger partial charge in [-0.1, -0.05) is 22.0 Å². The van der Waals surface area contributed by atoms with Crippen LogP contribution in [0.25, 0.3) is 0 Å². The molecule has 6 heteroatoms. The highest BCUT2D eigenvalue weighted by atomic mass is 79.9. The van der Waals surface area contributed by atoms with Gasteiger partial charge in [-0.3, -0.25) is 14.9 Å². The zero-order valence-electron chi connectivity index (χ0n) is 11.5. The molecule has 0 spiro atoms. The first kappa shape index (κ1) is 15.2. The quantitative estimate of drug-likeness (QED) is 0.666. The summed E-state index contributed by atoms with van der Waals surface area (Å²) in [6, 6.07) is 9.95. The molecule has 0 aliphatic heterocycles. The van der Waals surface area contributed by atoms with Gasteiger partial charge in [0.05, 0.1) is 4.92 Å². The number of nitro benzene ring substituents is 1. The van der Waals surface area contributed by atoms with Crippen molar-refractivity contribution in [3.63, 3.8) is 0 Å². The van der Waals surface area contributed by atoms with E-state index >= 15 is 0 Å². The number of anilines is 1. The molecule has 0 radical (unpaired) electrons. The van der Waals surface area contributed by atoms with Crippen molar-refractivity contribution in [2.45, 2.75) is 13.8 Å². The van der Waals surface area contributed by atoms with Crippen LogP contribution in [-0.2, 0) is 0 Å². The van der Waals surface area contributed by atoms with E-state index in [2.05, 4.69) is 21.2 Å². The molecule has 0 bridgehead atoms. The first-order chi connectivity index (χ1) is 9.86. The number of nitro groups is 1. The van der Waals surface area contributed by atoms with Crippen LogP contribution in [0.15, 0.2) is 40.9 Å². The first-order valence-corrected chi connectivity index (χ1v) is 6.99. The van der Waals surface area contributed by atoms with Gasteiger partial charge in [-0.25, -0.2) is 0 Å². The smallest absolute Gasteiger partial charge is 0.273 e. The highest BCUT2D eigenvalue weighted by Crippen LogP contribution is 2.22. The van der Waals surface area contributed by atoms with Crippen molar-refractivity contribution in [3.8, 4) is 0 Å². The van der Waals surface area contributed by atoms with Gasteiger partial charge in [-0.2, -0.15) is 0 Å². The molecule has 2 aromatic rings. The maximum absolute atomic E-state index is 12.2. The fourth-order valence-electron chi connectivity index (χ4n) is 1.96. The number of hydrogen-bond acceptors (Lipinski definition) is 3. The monoisotopic (exact) mass is 348 g/mol. The summed E-state index contributed by atoms with van der Waals surface area (Å²) in [6.07, 6.45) is 0. The van der Waals surface area contributed by atoms with E-state index in [4.69, 9.17) is 0 Å². The zero-order chi connectivity index (χ0) is 15.6. The molecular weight excluding hydrogens is 336 g/mol. The Morgan fingerprint density at radius 1 is 1.19 bits per heavy atom. The third-order valence-electron chi connectivity index (χ3n) is 2.97. The van der Waals surface area contributed by atoms with E-state index in [0.717, 1.165) is 10.0 Å². The summed E-state index contributed by atoms with van der Waals surface area (Å²) >= 11 is 3.36. The summed E-state index contributed by atoms with van der Waals surface area (Å²) in [4.78, 5) is 22.6. The largest absolute Gasteiger partial charge is 0.322 e. The van der Waals surface area contributed by atoms with Gasteiger partial charge < -0.3 is 5.32 Å². The number of nitrogens with one attached hydrogen (secondary N) is 1. The molecule has 0 aromatic heterocycles. The van der Waals surface area contributed by atoms with Crippen molar-refractivity contribution < 1.29 is 9.72 Å². The van der Waals surface area contributed by atoms with Gasteiger partial charge in [-0.05, 0) is 43.7 Å². The van der Waals surface area contributed by atoms with Crippen LogP contribution >= 0.6 is 15.9 Å². The third kappa shape index (κ3) is 3.66. The summed E-state index contributed by atoms with van der Waals surface area (Å²) in [5, 5.41) is 13.6. The molecule has 0 unspecified atom stereocenters. The first-order valence-electron chi connectivity index (χ1n) is 6.20. The van der Waals surface area contributed by atoms with Crippen LogP contribution in [0.4, 0.5) is 11.4 Å². The number of halogens is 1. The minimum absolute atomic E-state index is 0.0620. The molecule has 2 aromatic carbocycles. The average molecular weight is 349 g/mol. The summed E-state index contributed by atoms with van der Waals surface area (Å²) in [6.45, 7) is 3.55. The molecule has 2 rings (SSSR count). The van der Waals surface area contributed by atoms with Crippen LogP contribution in [0.2, 0.25) is 0 Å². The lowest BCUT2D eigenvalue weighted by Crippen LogP contribution is -2.12. The highest BCUT2D eigenvalue weighted by molar-refractivity contribution is 9.10. The number of carbonyl (C=O) groups excluding carboxylic acids is 1. The van der Waals surface area contributed by atoms with E-state index in [9.17, 15) is 14.9 Å². The standard InChI is InChI=1S/C15H13BrN2O3/c1-9-5-12(16)8-13(6-9)17-15(19)11-4-3-10(2)14(7-11)18(20)21/h3-8H,1-2H3,(H,17,19). The summed E-state index contributed by atoms with van der Waals surface area (Å²) in [7, 11) is 0.